The van der Waals surface area contributed by atoms with Crippen LogP contribution in [0.2, 0.25) is 0 Å². The molecular formula is C14H22N4O2S. The first-order valence-corrected chi connectivity index (χ1v) is 8.49. The van der Waals surface area contributed by atoms with E-state index in [0.717, 1.165) is 43.3 Å². The molecule has 0 radical (unpaired) electrons. The van der Waals surface area contributed by atoms with E-state index in [-0.39, 0.29) is 5.91 Å². The molecule has 0 unspecified atom stereocenters. The molecule has 1 N–H and O–H groups in total. The van der Waals surface area contributed by atoms with Gasteiger partial charge in [0.25, 0.3) is 5.91 Å². The number of hydrogen-bond acceptors (Lipinski definition) is 6. The number of nitrogens with zero attached hydrogens (tertiary/aromatic N) is 4. The number of amides is 1. The molecular weight excluding hydrogens is 288 g/mol. The second-order valence-electron chi connectivity index (χ2n) is 5.86. The maximum Gasteiger partial charge on any atom is 0.254 e. The van der Waals surface area contributed by atoms with Crippen molar-refractivity contribution in [2.75, 3.05) is 31.1 Å². The second-order valence-corrected chi connectivity index (χ2v) is 6.59. The Bertz CT molecular complexity index is 505. The van der Waals surface area contributed by atoms with Crippen LogP contribution in [0.4, 0.5) is 5.13 Å². The minimum absolute atomic E-state index is 0.0776. The third-order valence-electron chi connectivity index (χ3n) is 4.44. The minimum atomic E-state index is -1.10. The lowest BCUT2D eigenvalue weighted by molar-refractivity contribution is -0.151. The summed E-state index contributed by atoms with van der Waals surface area (Å²) in [5.74, 6) is 0.805. The van der Waals surface area contributed by atoms with E-state index in [1.165, 1.54) is 11.5 Å². The summed E-state index contributed by atoms with van der Waals surface area (Å²) < 4.78 is 4.31. The van der Waals surface area contributed by atoms with Crippen molar-refractivity contribution in [2.24, 2.45) is 0 Å². The summed E-state index contributed by atoms with van der Waals surface area (Å²) in [4.78, 5) is 20.9. The average Bonchev–Trinajstić information content (AvgIpc) is 3.16. The topological polar surface area (TPSA) is 69.6 Å². The molecule has 3 rings (SSSR count). The highest BCUT2D eigenvalue weighted by atomic mass is 32.1. The maximum absolute atomic E-state index is 12.4. The Morgan fingerprint density at radius 1 is 1.29 bits per heavy atom. The smallest absolute Gasteiger partial charge is 0.254 e. The molecule has 21 heavy (non-hydrogen) atoms. The van der Waals surface area contributed by atoms with Crippen LogP contribution >= 0.6 is 11.5 Å². The molecule has 2 aliphatic rings. The predicted octanol–water partition coefficient (Wildman–Crippen LogP) is 1.05. The molecule has 7 heteroatoms. The van der Waals surface area contributed by atoms with Crippen LogP contribution in [0, 0.1) is 0 Å². The van der Waals surface area contributed by atoms with Crippen molar-refractivity contribution in [3.8, 4) is 0 Å². The second kappa shape index (κ2) is 5.88. The van der Waals surface area contributed by atoms with Crippen molar-refractivity contribution in [1.82, 2.24) is 14.3 Å². The number of rotatable bonds is 3. The van der Waals surface area contributed by atoms with Crippen LogP contribution in [0.1, 0.15) is 38.4 Å². The molecule has 0 atom stereocenters. The zero-order valence-corrected chi connectivity index (χ0v) is 13.2. The van der Waals surface area contributed by atoms with E-state index in [1.54, 1.807) is 0 Å². The zero-order valence-electron chi connectivity index (χ0n) is 12.4. The first kappa shape index (κ1) is 14.7. The third-order valence-corrected chi connectivity index (χ3v) is 5.25. The predicted molar refractivity (Wildman–Crippen MR) is 81.5 cm³/mol. The fourth-order valence-corrected chi connectivity index (χ4v) is 3.89. The number of hydrogen-bond donors (Lipinski definition) is 1. The van der Waals surface area contributed by atoms with E-state index >= 15 is 0 Å². The fraction of sp³-hybridized carbons (Fsp3) is 0.786. The molecule has 1 aliphatic carbocycles. The van der Waals surface area contributed by atoms with Crippen molar-refractivity contribution in [3.63, 3.8) is 0 Å². The van der Waals surface area contributed by atoms with E-state index in [0.29, 0.717) is 25.9 Å². The van der Waals surface area contributed by atoms with Gasteiger partial charge in [0.15, 0.2) is 0 Å². The monoisotopic (exact) mass is 310 g/mol. The average molecular weight is 310 g/mol. The van der Waals surface area contributed by atoms with Gasteiger partial charge >= 0.3 is 0 Å². The molecule has 2 fully saturated rings. The zero-order chi connectivity index (χ0) is 14.9. The van der Waals surface area contributed by atoms with E-state index in [9.17, 15) is 9.90 Å². The number of carbonyl (C=O) groups excluding carboxylic acids is 1. The van der Waals surface area contributed by atoms with Gasteiger partial charge in [-0.05, 0) is 25.7 Å². The van der Waals surface area contributed by atoms with Gasteiger partial charge in [0.05, 0.1) is 0 Å². The van der Waals surface area contributed by atoms with Gasteiger partial charge in [-0.3, -0.25) is 4.79 Å². The van der Waals surface area contributed by atoms with Gasteiger partial charge in [-0.25, -0.2) is 4.98 Å². The normalized spacial score (nSPS) is 21.8. The van der Waals surface area contributed by atoms with Crippen molar-refractivity contribution in [1.29, 1.82) is 0 Å². The Kier molecular flexibility index (Phi) is 4.12. The highest BCUT2D eigenvalue weighted by Gasteiger charge is 2.42. The van der Waals surface area contributed by atoms with E-state index < -0.39 is 5.60 Å². The summed E-state index contributed by atoms with van der Waals surface area (Å²) >= 11 is 1.43. The van der Waals surface area contributed by atoms with E-state index in [1.807, 2.05) is 11.8 Å². The Labute approximate surface area is 128 Å². The van der Waals surface area contributed by atoms with Crippen LogP contribution in [0.25, 0.3) is 0 Å². The lowest BCUT2D eigenvalue weighted by Gasteiger charge is -2.37. The number of carbonyl (C=O) groups is 1. The molecule has 116 valence electrons. The Hall–Kier alpha value is -1.21. The summed E-state index contributed by atoms with van der Waals surface area (Å²) in [7, 11) is 0. The summed E-state index contributed by atoms with van der Waals surface area (Å²) in [6.07, 6.45) is 3.98. The van der Waals surface area contributed by atoms with Crippen molar-refractivity contribution in [3.05, 3.63) is 5.82 Å². The van der Waals surface area contributed by atoms with Crippen LogP contribution in [0.15, 0.2) is 0 Å². The van der Waals surface area contributed by atoms with Crippen LogP contribution in [0.3, 0.4) is 0 Å². The van der Waals surface area contributed by atoms with Crippen LogP contribution in [-0.4, -0.2) is 57.1 Å². The Balaban J connectivity index is 1.58. The van der Waals surface area contributed by atoms with Gasteiger partial charge in [0.1, 0.15) is 11.4 Å². The largest absolute Gasteiger partial charge is 0.380 e. The number of piperazine rings is 1. The lowest BCUT2D eigenvalue weighted by atomic mass is 10.0. The minimum Gasteiger partial charge on any atom is -0.380 e. The molecule has 1 aromatic heterocycles. The number of aryl methyl sites for hydroxylation is 1. The highest BCUT2D eigenvalue weighted by Crippen LogP contribution is 2.31. The standard InChI is InChI=1S/C14H22N4O2S/c1-2-11-15-13(21-16-11)18-9-7-17(8-10-18)12(19)14(20)5-3-4-6-14/h20H,2-10H2,1H3. The Morgan fingerprint density at radius 2 is 1.95 bits per heavy atom. The number of aromatic nitrogens is 2. The fourth-order valence-electron chi connectivity index (χ4n) is 3.09. The molecule has 1 saturated carbocycles. The molecule has 2 heterocycles. The SMILES string of the molecule is CCc1nsc(N2CCN(C(=O)C3(O)CCCC3)CC2)n1. The van der Waals surface area contributed by atoms with Gasteiger partial charge in [0, 0.05) is 44.1 Å². The molecule has 1 amide bonds. The lowest BCUT2D eigenvalue weighted by Crippen LogP contribution is -2.55. The Morgan fingerprint density at radius 3 is 2.52 bits per heavy atom. The van der Waals surface area contributed by atoms with Crippen LogP contribution in [0.5, 0.6) is 0 Å². The van der Waals surface area contributed by atoms with Gasteiger partial charge in [-0.15, -0.1) is 0 Å². The first-order chi connectivity index (χ1) is 10.1. The first-order valence-electron chi connectivity index (χ1n) is 7.72. The molecule has 0 aromatic carbocycles. The molecule has 0 spiro atoms. The summed E-state index contributed by atoms with van der Waals surface area (Å²) in [6, 6.07) is 0. The van der Waals surface area contributed by atoms with Crippen molar-refractivity contribution >= 4 is 22.6 Å². The van der Waals surface area contributed by atoms with Crippen molar-refractivity contribution in [2.45, 2.75) is 44.6 Å². The highest BCUT2D eigenvalue weighted by molar-refractivity contribution is 7.09. The quantitative estimate of drug-likeness (QED) is 0.904. The van der Waals surface area contributed by atoms with Gasteiger partial charge in [-0.1, -0.05) is 6.92 Å². The number of anilines is 1. The van der Waals surface area contributed by atoms with Gasteiger partial charge in [0.2, 0.25) is 5.13 Å². The van der Waals surface area contributed by atoms with Gasteiger partial charge in [-0.2, -0.15) is 4.37 Å². The van der Waals surface area contributed by atoms with Crippen LogP contribution < -0.4 is 4.90 Å². The maximum atomic E-state index is 12.4. The van der Waals surface area contributed by atoms with E-state index in [2.05, 4.69) is 14.3 Å². The van der Waals surface area contributed by atoms with Crippen LogP contribution in [-0.2, 0) is 11.2 Å². The molecule has 1 saturated heterocycles. The summed E-state index contributed by atoms with van der Waals surface area (Å²) in [5, 5.41) is 11.3. The summed E-state index contributed by atoms with van der Waals surface area (Å²) in [5.41, 5.74) is -1.10. The molecule has 6 nitrogen and oxygen atoms in total. The summed E-state index contributed by atoms with van der Waals surface area (Å²) in [6.45, 7) is 4.88. The third kappa shape index (κ3) is 2.89. The number of aliphatic hydroxyl groups is 1. The molecule has 0 bridgehead atoms. The molecule has 1 aliphatic heterocycles. The van der Waals surface area contributed by atoms with E-state index in [4.69, 9.17) is 0 Å². The molecule has 1 aromatic rings. The van der Waals surface area contributed by atoms with Gasteiger partial charge < -0.3 is 14.9 Å². The van der Waals surface area contributed by atoms with Crippen molar-refractivity contribution < 1.29 is 9.90 Å².